The summed E-state index contributed by atoms with van der Waals surface area (Å²) in [6.07, 6.45) is 0. The van der Waals surface area contributed by atoms with E-state index in [1.807, 2.05) is 0 Å². The van der Waals surface area contributed by atoms with E-state index < -0.39 is 0 Å². The SMILES string of the molecule is O=C1COc2cc(C(=O)CCl)c(Cl)cc2N1. The Morgan fingerprint density at radius 2 is 2.25 bits per heavy atom. The molecule has 1 N–H and O–H groups in total. The van der Waals surface area contributed by atoms with Crippen LogP contribution in [-0.4, -0.2) is 24.2 Å². The Morgan fingerprint density at radius 1 is 1.50 bits per heavy atom. The molecule has 16 heavy (non-hydrogen) atoms. The number of carbonyl (C=O) groups is 2. The number of fused-ring (bicyclic) bond motifs is 1. The molecule has 4 nitrogen and oxygen atoms in total. The fourth-order valence-electron chi connectivity index (χ4n) is 1.39. The second-order valence-electron chi connectivity index (χ2n) is 3.22. The lowest BCUT2D eigenvalue weighted by molar-refractivity contribution is -0.118. The van der Waals surface area contributed by atoms with Crippen LogP contribution in [0.3, 0.4) is 0 Å². The molecule has 0 atom stereocenters. The number of benzene rings is 1. The summed E-state index contributed by atoms with van der Waals surface area (Å²) in [5.41, 5.74) is 0.763. The molecule has 1 aromatic carbocycles. The molecule has 6 heteroatoms. The molecule has 0 fully saturated rings. The summed E-state index contributed by atoms with van der Waals surface area (Å²) in [5.74, 6) is -0.252. The highest BCUT2D eigenvalue weighted by Crippen LogP contribution is 2.33. The minimum atomic E-state index is -0.282. The van der Waals surface area contributed by atoms with E-state index in [1.54, 1.807) is 0 Å². The van der Waals surface area contributed by atoms with E-state index in [-0.39, 0.29) is 29.2 Å². The van der Waals surface area contributed by atoms with Crippen LogP contribution in [0.5, 0.6) is 5.75 Å². The summed E-state index contributed by atoms with van der Waals surface area (Å²) >= 11 is 11.3. The third kappa shape index (κ3) is 1.99. The largest absolute Gasteiger partial charge is 0.482 e. The van der Waals surface area contributed by atoms with Crippen molar-refractivity contribution in [2.75, 3.05) is 17.8 Å². The number of Topliss-reactive ketones (excluding diaryl/α,β-unsaturated/α-hetero) is 1. The summed E-state index contributed by atoms with van der Waals surface area (Å²) in [4.78, 5) is 22.5. The smallest absolute Gasteiger partial charge is 0.262 e. The zero-order valence-corrected chi connectivity index (χ0v) is 9.56. The molecule has 1 aromatic rings. The normalized spacial score (nSPS) is 13.8. The van der Waals surface area contributed by atoms with Gasteiger partial charge < -0.3 is 10.1 Å². The van der Waals surface area contributed by atoms with Gasteiger partial charge in [0.25, 0.3) is 5.91 Å². The van der Waals surface area contributed by atoms with Gasteiger partial charge in [-0.3, -0.25) is 9.59 Å². The van der Waals surface area contributed by atoms with E-state index in [1.165, 1.54) is 12.1 Å². The average Bonchev–Trinajstić information content (AvgIpc) is 2.27. The summed E-state index contributed by atoms with van der Waals surface area (Å²) in [6, 6.07) is 2.97. The van der Waals surface area contributed by atoms with Crippen molar-refractivity contribution in [3.05, 3.63) is 22.7 Å². The Hall–Kier alpha value is -1.26. The Balaban J connectivity index is 2.45. The van der Waals surface area contributed by atoms with Gasteiger partial charge in [-0.2, -0.15) is 0 Å². The summed E-state index contributed by atoms with van der Waals surface area (Å²) in [6.45, 7) is -0.0663. The first-order valence-corrected chi connectivity index (χ1v) is 5.38. The Bertz CT molecular complexity index is 473. The van der Waals surface area contributed by atoms with Crippen LogP contribution in [0.1, 0.15) is 10.4 Å². The van der Waals surface area contributed by atoms with Crippen molar-refractivity contribution in [1.29, 1.82) is 0 Å². The number of anilines is 1. The van der Waals surface area contributed by atoms with Crippen LogP contribution in [0.15, 0.2) is 12.1 Å². The fourth-order valence-corrected chi connectivity index (χ4v) is 1.80. The number of ketones is 1. The van der Waals surface area contributed by atoms with Crippen LogP contribution in [0.4, 0.5) is 5.69 Å². The number of alkyl halides is 1. The van der Waals surface area contributed by atoms with E-state index in [0.29, 0.717) is 17.0 Å². The van der Waals surface area contributed by atoms with Crippen molar-refractivity contribution in [1.82, 2.24) is 0 Å². The third-order valence-electron chi connectivity index (χ3n) is 2.12. The van der Waals surface area contributed by atoms with E-state index in [2.05, 4.69) is 5.32 Å². The predicted molar refractivity (Wildman–Crippen MR) is 60.6 cm³/mol. The Kier molecular flexibility index (Phi) is 3.03. The molecular weight excluding hydrogens is 253 g/mol. The number of hydrogen-bond acceptors (Lipinski definition) is 3. The molecule has 0 spiro atoms. The van der Waals surface area contributed by atoms with Gasteiger partial charge in [-0.1, -0.05) is 11.6 Å². The van der Waals surface area contributed by atoms with Crippen LogP contribution in [-0.2, 0) is 4.79 Å². The maximum Gasteiger partial charge on any atom is 0.262 e. The summed E-state index contributed by atoms with van der Waals surface area (Å²) in [5, 5.41) is 2.84. The van der Waals surface area contributed by atoms with Crippen molar-refractivity contribution < 1.29 is 14.3 Å². The molecule has 84 valence electrons. The first-order chi connectivity index (χ1) is 7.61. The summed E-state index contributed by atoms with van der Waals surface area (Å²) < 4.78 is 5.16. The zero-order valence-electron chi connectivity index (χ0n) is 8.05. The summed E-state index contributed by atoms with van der Waals surface area (Å²) in [7, 11) is 0. The number of carbonyl (C=O) groups excluding carboxylic acids is 2. The molecule has 0 aliphatic carbocycles. The monoisotopic (exact) mass is 259 g/mol. The third-order valence-corrected chi connectivity index (χ3v) is 2.68. The second-order valence-corrected chi connectivity index (χ2v) is 3.90. The molecule has 1 aliphatic rings. The lowest BCUT2D eigenvalue weighted by atomic mass is 10.1. The number of nitrogens with one attached hydrogen (secondary N) is 1. The van der Waals surface area contributed by atoms with Gasteiger partial charge in [0.15, 0.2) is 12.4 Å². The van der Waals surface area contributed by atoms with Crippen LogP contribution >= 0.6 is 23.2 Å². The zero-order chi connectivity index (χ0) is 11.7. The highest BCUT2D eigenvalue weighted by molar-refractivity contribution is 6.37. The minimum Gasteiger partial charge on any atom is -0.482 e. The molecule has 0 aromatic heterocycles. The van der Waals surface area contributed by atoms with Gasteiger partial charge in [0.05, 0.1) is 16.6 Å². The lowest BCUT2D eigenvalue weighted by Gasteiger charge is -2.18. The van der Waals surface area contributed by atoms with E-state index >= 15 is 0 Å². The van der Waals surface area contributed by atoms with Gasteiger partial charge >= 0.3 is 0 Å². The van der Waals surface area contributed by atoms with Crippen molar-refractivity contribution in [2.45, 2.75) is 0 Å². The van der Waals surface area contributed by atoms with Crippen molar-refractivity contribution >= 4 is 40.6 Å². The lowest BCUT2D eigenvalue weighted by Crippen LogP contribution is -2.25. The van der Waals surface area contributed by atoms with Gasteiger partial charge in [0, 0.05) is 5.56 Å². The van der Waals surface area contributed by atoms with Crippen LogP contribution in [0.2, 0.25) is 5.02 Å². The van der Waals surface area contributed by atoms with Gasteiger partial charge in [0.1, 0.15) is 5.75 Å². The number of ether oxygens (including phenoxy) is 1. The second kappa shape index (κ2) is 4.31. The number of amides is 1. The average molecular weight is 260 g/mol. The maximum absolute atomic E-state index is 11.4. The number of hydrogen-bond donors (Lipinski definition) is 1. The number of halogens is 2. The van der Waals surface area contributed by atoms with Crippen LogP contribution < -0.4 is 10.1 Å². The van der Waals surface area contributed by atoms with E-state index in [4.69, 9.17) is 27.9 Å². The van der Waals surface area contributed by atoms with Crippen molar-refractivity contribution in [3.63, 3.8) is 0 Å². The standard InChI is InChI=1S/C10H7Cl2NO3/c11-3-8(14)5-1-9-7(2-6(5)12)13-10(15)4-16-9/h1-2H,3-4H2,(H,13,15). The molecule has 0 bridgehead atoms. The Morgan fingerprint density at radius 3 is 2.94 bits per heavy atom. The molecule has 0 radical (unpaired) electrons. The minimum absolute atomic E-state index is 0.0663. The molecule has 2 rings (SSSR count). The first-order valence-electron chi connectivity index (χ1n) is 4.47. The molecule has 0 unspecified atom stereocenters. The van der Waals surface area contributed by atoms with E-state index in [0.717, 1.165) is 0 Å². The molecule has 1 amide bonds. The molecular formula is C10H7Cl2NO3. The fraction of sp³-hybridized carbons (Fsp3) is 0.200. The van der Waals surface area contributed by atoms with Gasteiger partial charge in [-0.25, -0.2) is 0 Å². The highest BCUT2D eigenvalue weighted by atomic mass is 35.5. The predicted octanol–water partition coefficient (Wildman–Crippen LogP) is 2.09. The topological polar surface area (TPSA) is 55.4 Å². The first kappa shape index (κ1) is 11.2. The van der Waals surface area contributed by atoms with Gasteiger partial charge in [-0.05, 0) is 12.1 Å². The van der Waals surface area contributed by atoms with Gasteiger partial charge in [-0.15, -0.1) is 11.6 Å². The van der Waals surface area contributed by atoms with Crippen molar-refractivity contribution in [2.24, 2.45) is 0 Å². The molecule has 0 saturated carbocycles. The van der Waals surface area contributed by atoms with Crippen molar-refractivity contribution in [3.8, 4) is 5.75 Å². The maximum atomic E-state index is 11.4. The quantitative estimate of drug-likeness (QED) is 0.654. The van der Waals surface area contributed by atoms with Gasteiger partial charge in [0.2, 0.25) is 0 Å². The molecule has 0 saturated heterocycles. The van der Waals surface area contributed by atoms with Crippen LogP contribution in [0, 0.1) is 0 Å². The Labute approximate surface area is 101 Å². The molecule has 1 heterocycles. The molecule has 1 aliphatic heterocycles. The highest BCUT2D eigenvalue weighted by Gasteiger charge is 2.20. The van der Waals surface area contributed by atoms with Crippen LogP contribution in [0.25, 0.3) is 0 Å². The van der Waals surface area contributed by atoms with E-state index in [9.17, 15) is 9.59 Å². The number of rotatable bonds is 2.